The molecule has 0 fully saturated rings. The number of hydrogen-bond acceptors (Lipinski definition) is 12. The van der Waals surface area contributed by atoms with Gasteiger partial charge in [-0.1, -0.05) is 0 Å². The fourth-order valence-corrected chi connectivity index (χ4v) is 2.10. The van der Waals surface area contributed by atoms with Crippen molar-refractivity contribution in [2.75, 3.05) is 0 Å². The molecule has 0 amide bonds. The summed E-state index contributed by atoms with van der Waals surface area (Å²) in [6.45, 7) is 1.92. The fraction of sp³-hybridized carbons (Fsp3) is 0.571. The lowest BCUT2D eigenvalue weighted by Gasteiger charge is -2.13. The Morgan fingerprint density at radius 1 is 0.800 bits per heavy atom. The summed E-state index contributed by atoms with van der Waals surface area (Å²) < 4.78 is 22.9. The Balaban J connectivity index is 0. The lowest BCUT2D eigenvalue weighted by Crippen LogP contribution is -2.33. The van der Waals surface area contributed by atoms with Gasteiger partial charge in [-0.3, -0.25) is 24.1 Å². The average molecular weight is 458 g/mol. The van der Waals surface area contributed by atoms with Crippen LogP contribution < -0.4 is 11.5 Å². The highest BCUT2D eigenvalue weighted by Crippen LogP contribution is 2.43. The van der Waals surface area contributed by atoms with E-state index in [4.69, 9.17) is 26.6 Å². The average Bonchev–Trinajstić information content (AvgIpc) is 2.55. The van der Waals surface area contributed by atoms with Crippen LogP contribution in [0.2, 0.25) is 0 Å². The van der Waals surface area contributed by atoms with Gasteiger partial charge in [0.05, 0.1) is 0 Å². The van der Waals surface area contributed by atoms with Crippen LogP contribution in [0.15, 0.2) is 0 Å². The van der Waals surface area contributed by atoms with E-state index < -0.39 is 62.1 Å². The first-order chi connectivity index (χ1) is 13.6. The number of ether oxygens (including phenoxy) is 1. The maximum absolute atomic E-state index is 11.1. The van der Waals surface area contributed by atoms with Crippen LogP contribution in [0, 0.1) is 0 Å². The predicted octanol–water partition coefficient (Wildman–Crippen LogP) is -1.35. The molecular formula is C14H23N2O13P. The molecule has 0 saturated heterocycles. The molecule has 0 aromatic rings. The quantitative estimate of drug-likeness (QED) is 0.144. The number of hydrogen-bond donors (Lipinski definition) is 5. The van der Waals surface area contributed by atoms with Crippen molar-refractivity contribution < 1.29 is 62.2 Å². The molecule has 16 heteroatoms. The van der Waals surface area contributed by atoms with Crippen LogP contribution in [0.25, 0.3) is 0 Å². The summed E-state index contributed by atoms with van der Waals surface area (Å²) in [7, 11) is -4.83. The van der Waals surface area contributed by atoms with Crippen LogP contribution in [0.5, 0.6) is 0 Å². The number of rotatable bonds is 10. The number of phosphoric acid groups is 1. The Kier molecular flexibility index (Phi) is 13.9. The molecule has 0 aliphatic carbocycles. The molecule has 0 spiro atoms. The third-order valence-electron chi connectivity index (χ3n) is 2.64. The molecule has 0 aromatic heterocycles. The second kappa shape index (κ2) is 14.2. The van der Waals surface area contributed by atoms with Gasteiger partial charge in [0.2, 0.25) is 0 Å². The molecule has 0 aliphatic heterocycles. The van der Waals surface area contributed by atoms with Gasteiger partial charge >= 0.3 is 43.6 Å². The van der Waals surface area contributed by atoms with E-state index in [0.717, 1.165) is 13.8 Å². The highest BCUT2D eigenvalue weighted by atomic mass is 31.2. The SMILES string of the molecule is CC(=O)OC(=O)[C@@H](N)CCC(=O)O.CC(=O)OP(=O)(O)OC(=O)[C@@H](N)CCC(=O)O. The van der Waals surface area contributed by atoms with E-state index in [1.165, 1.54) is 0 Å². The zero-order valence-corrected chi connectivity index (χ0v) is 16.9. The van der Waals surface area contributed by atoms with E-state index in [1.54, 1.807) is 0 Å². The van der Waals surface area contributed by atoms with Crippen LogP contribution in [-0.4, -0.2) is 63.0 Å². The van der Waals surface area contributed by atoms with Crippen molar-refractivity contribution in [2.45, 2.75) is 51.6 Å². The molecule has 15 nitrogen and oxygen atoms in total. The normalized spacial score (nSPS) is 13.9. The molecule has 0 radical (unpaired) electrons. The molecule has 3 atom stereocenters. The molecule has 0 rings (SSSR count). The van der Waals surface area contributed by atoms with E-state index in [-0.39, 0.29) is 19.3 Å². The number of carboxylic acid groups (broad SMARTS) is 2. The van der Waals surface area contributed by atoms with Crippen LogP contribution in [-0.2, 0) is 47.1 Å². The summed E-state index contributed by atoms with van der Waals surface area (Å²) in [5.74, 6) is -6.31. The lowest BCUT2D eigenvalue weighted by atomic mass is 10.2. The van der Waals surface area contributed by atoms with Gasteiger partial charge in [0.25, 0.3) is 0 Å². The van der Waals surface area contributed by atoms with Gasteiger partial charge in [0.1, 0.15) is 12.1 Å². The summed E-state index contributed by atoms with van der Waals surface area (Å²) in [6.07, 6.45) is -0.941. The third-order valence-corrected chi connectivity index (χ3v) is 3.54. The number of nitrogens with two attached hydrogens (primary N) is 2. The minimum Gasteiger partial charge on any atom is -0.481 e. The van der Waals surface area contributed by atoms with E-state index >= 15 is 0 Å². The Labute approximate surface area is 169 Å². The molecule has 0 aliphatic rings. The van der Waals surface area contributed by atoms with E-state index in [9.17, 15) is 33.3 Å². The number of aliphatic carboxylic acids is 2. The highest BCUT2D eigenvalue weighted by Gasteiger charge is 2.31. The molecule has 0 bridgehead atoms. The molecule has 0 saturated carbocycles. The Hall–Kier alpha value is -2.87. The van der Waals surface area contributed by atoms with E-state index in [2.05, 4.69) is 13.8 Å². The maximum Gasteiger partial charge on any atom is 0.589 e. The molecule has 7 N–H and O–H groups in total. The van der Waals surface area contributed by atoms with Crippen LogP contribution in [0.1, 0.15) is 39.5 Å². The van der Waals surface area contributed by atoms with Crippen molar-refractivity contribution in [3.8, 4) is 0 Å². The zero-order chi connectivity index (χ0) is 24.1. The zero-order valence-electron chi connectivity index (χ0n) is 16.0. The number of carbonyl (C=O) groups is 6. The molecule has 0 heterocycles. The first kappa shape index (κ1) is 29.3. The molecule has 1 unspecified atom stereocenters. The van der Waals surface area contributed by atoms with Crippen LogP contribution >= 0.6 is 7.82 Å². The first-order valence-corrected chi connectivity index (χ1v) is 9.50. The van der Waals surface area contributed by atoms with Crippen LogP contribution in [0.3, 0.4) is 0 Å². The monoisotopic (exact) mass is 458 g/mol. The van der Waals surface area contributed by atoms with Gasteiger partial charge in [-0.05, 0) is 12.8 Å². The van der Waals surface area contributed by atoms with Crippen molar-refractivity contribution in [3.05, 3.63) is 0 Å². The van der Waals surface area contributed by atoms with Gasteiger partial charge in [-0.25, -0.2) is 14.2 Å². The lowest BCUT2D eigenvalue weighted by molar-refractivity contribution is -0.159. The summed E-state index contributed by atoms with van der Waals surface area (Å²) in [5, 5.41) is 16.6. The van der Waals surface area contributed by atoms with Gasteiger partial charge in [0, 0.05) is 26.7 Å². The third kappa shape index (κ3) is 17.2. The summed E-state index contributed by atoms with van der Waals surface area (Å²) in [4.78, 5) is 71.7. The van der Waals surface area contributed by atoms with Crippen LogP contribution in [0.4, 0.5) is 0 Å². The van der Waals surface area contributed by atoms with Gasteiger partial charge < -0.3 is 35.5 Å². The number of carboxylic acids is 2. The molecule has 30 heavy (non-hydrogen) atoms. The van der Waals surface area contributed by atoms with Crippen molar-refractivity contribution >= 4 is 43.6 Å². The summed E-state index contributed by atoms with van der Waals surface area (Å²) >= 11 is 0. The summed E-state index contributed by atoms with van der Waals surface area (Å²) in [5.41, 5.74) is 10.4. The minimum absolute atomic E-state index is 0.0402. The molecular weight excluding hydrogens is 435 g/mol. The topological polar surface area (TPSA) is 260 Å². The Morgan fingerprint density at radius 2 is 1.20 bits per heavy atom. The van der Waals surface area contributed by atoms with Crippen molar-refractivity contribution in [1.82, 2.24) is 0 Å². The number of phosphoric ester groups is 1. The van der Waals surface area contributed by atoms with Gasteiger partial charge in [-0.2, -0.15) is 0 Å². The van der Waals surface area contributed by atoms with Crippen molar-refractivity contribution in [1.29, 1.82) is 0 Å². The Morgan fingerprint density at radius 3 is 1.53 bits per heavy atom. The van der Waals surface area contributed by atoms with Crippen molar-refractivity contribution in [2.24, 2.45) is 11.5 Å². The molecule has 0 aromatic carbocycles. The maximum atomic E-state index is 11.1. The second-order valence-electron chi connectivity index (χ2n) is 5.45. The standard InChI is InChI=1S/C7H12NO8P.C7H11NO5/c1-4(9)15-17(13,14)16-7(12)5(8)2-3-6(10)11;1-4(9)13-7(12)5(8)2-3-6(10)11/h5H,2-3,8H2,1H3,(H,10,11)(H,13,14);5H,2-3,8H2,1H3,(H,10,11)/t2*5-/m00/s1. The largest absolute Gasteiger partial charge is 0.589 e. The van der Waals surface area contributed by atoms with Gasteiger partial charge in [0.15, 0.2) is 0 Å². The van der Waals surface area contributed by atoms with E-state index in [0.29, 0.717) is 0 Å². The first-order valence-electron chi connectivity index (χ1n) is 8.00. The number of esters is 2. The fourth-order valence-electron chi connectivity index (χ4n) is 1.37. The van der Waals surface area contributed by atoms with Gasteiger partial charge in [-0.15, -0.1) is 0 Å². The Bertz CT molecular complexity index is 708. The van der Waals surface area contributed by atoms with E-state index in [1.807, 2.05) is 0 Å². The number of carbonyl (C=O) groups excluding carboxylic acids is 4. The summed E-state index contributed by atoms with van der Waals surface area (Å²) in [6, 6.07) is -2.44. The highest BCUT2D eigenvalue weighted by molar-refractivity contribution is 7.48. The predicted molar refractivity (Wildman–Crippen MR) is 94.1 cm³/mol. The minimum atomic E-state index is -4.83. The van der Waals surface area contributed by atoms with Crippen molar-refractivity contribution in [3.63, 3.8) is 0 Å². The molecule has 172 valence electrons. The smallest absolute Gasteiger partial charge is 0.481 e. The second-order valence-corrected chi connectivity index (χ2v) is 6.75.